The number of ketones is 1. The number of nitrogens with two attached hydrogens (primary N) is 1. The molecule has 5 heteroatoms. The number of anilines is 1. The van der Waals surface area contributed by atoms with Gasteiger partial charge in [-0.15, -0.1) is 0 Å². The lowest BCUT2D eigenvalue weighted by Gasteiger charge is -2.24. The minimum atomic E-state index is -0.690. The summed E-state index contributed by atoms with van der Waals surface area (Å²) in [4.78, 5) is 12.8. The zero-order valence-electron chi connectivity index (χ0n) is 11.9. The van der Waals surface area contributed by atoms with Crippen LogP contribution in [-0.2, 0) is 12.0 Å². The standard InChI is InChI=1S/C15H18ClN3O/c1-4-19-13(12(16)9-18-19)14(20)15(2,3)10-5-7-11(17)8-6-10/h5-9H,4,17H2,1-3H3. The summed E-state index contributed by atoms with van der Waals surface area (Å²) in [6, 6.07) is 7.33. The molecule has 0 aliphatic heterocycles. The maximum absolute atomic E-state index is 12.8. The second-order valence-electron chi connectivity index (χ2n) is 5.23. The van der Waals surface area contributed by atoms with E-state index in [9.17, 15) is 4.79 Å². The Morgan fingerprint density at radius 2 is 1.95 bits per heavy atom. The van der Waals surface area contributed by atoms with Crippen molar-refractivity contribution >= 4 is 23.1 Å². The van der Waals surface area contributed by atoms with E-state index in [0.717, 1.165) is 5.56 Å². The zero-order chi connectivity index (χ0) is 14.9. The van der Waals surface area contributed by atoms with Crippen molar-refractivity contribution in [3.8, 4) is 0 Å². The number of aromatic nitrogens is 2. The number of rotatable bonds is 4. The monoisotopic (exact) mass is 291 g/mol. The van der Waals surface area contributed by atoms with Gasteiger partial charge in [-0.1, -0.05) is 23.7 Å². The first kappa shape index (κ1) is 14.6. The number of hydrogen-bond donors (Lipinski definition) is 1. The fourth-order valence-electron chi connectivity index (χ4n) is 2.15. The van der Waals surface area contributed by atoms with E-state index >= 15 is 0 Å². The van der Waals surface area contributed by atoms with E-state index < -0.39 is 5.41 Å². The molecule has 0 spiro atoms. The first-order chi connectivity index (χ1) is 9.37. The average Bonchev–Trinajstić information content (AvgIpc) is 2.79. The molecule has 1 aromatic heterocycles. The van der Waals surface area contributed by atoms with Crippen LogP contribution in [0.2, 0.25) is 5.02 Å². The minimum Gasteiger partial charge on any atom is -0.399 e. The second kappa shape index (κ2) is 5.29. The molecule has 0 radical (unpaired) electrons. The summed E-state index contributed by atoms with van der Waals surface area (Å²) in [6.07, 6.45) is 1.51. The number of nitrogens with zero attached hydrogens (tertiary/aromatic N) is 2. The maximum Gasteiger partial charge on any atom is 0.192 e. The number of Topliss-reactive ketones (excluding diaryl/α,β-unsaturated/α-hetero) is 1. The first-order valence-corrected chi connectivity index (χ1v) is 6.87. The van der Waals surface area contributed by atoms with Gasteiger partial charge in [0, 0.05) is 12.2 Å². The summed E-state index contributed by atoms with van der Waals surface area (Å²) in [5.41, 5.74) is 7.03. The van der Waals surface area contributed by atoms with Crippen molar-refractivity contribution in [3.63, 3.8) is 0 Å². The Morgan fingerprint density at radius 3 is 2.50 bits per heavy atom. The molecule has 2 rings (SSSR count). The lowest BCUT2D eigenvalue weighted by molar-refractivity contribution is 0.0898. The van der Waals surface area contributed by atoms with Gasteiger partial charge in [-0.05, 0) is 38.5 Å². The van der Waals surface area contributed by atoms with Crippen LogP contribution < -0.4 is 5.73 Å². The van der Waals surface area contributed by atoms with Gasteiger partial charge in [-0.3, -0.25) is 9.48 Å². The Kier molecular flexibility index (Phi) is 3.86. The van der Waals surface area contributed by atoms with Crippen LogP contribution in [0.1, 0.15) is 36.8 Å². The number of benzene rings is 1. The number of aryl methyl sites for hydroxylation is 1. The lowest BCUT2D eigenvalue weighted by atomic mass is 9.79. The van der Waals surface area contributed by atoms with E-state index in [1.54, 1.807) is 16.8 Å². The average molecular weight is 292 g/mol. The van der Waals surface area contributed by atoms with Crippen molar-refractivity contribution in [1.29, 1.82) is 0 Å². The highest BCUT2D eigenvalue weighted by Crippen LogP contribution is 2.30. The number of carbonyl (C=O) groups is 1. The Hall–Kier alpha value is -1.81. The van der Waals surface area contributed by atoms with Crippen LogP contribution >= 0.6 is 11.6 Å². The van der Waals surface area contributed by atoms with Crippen molar-refractivity contribution in [2.75, 3.05) is 5.73 Å². The van der Waals surface area contributed by atoms with Crippen molar-refractivity contribution in [1.82, 2.24) is 9.78 Å². The van der Waals surface area contributed by atoms with E-state index in [1.165, 1.54) is 6.20 Å². The third-order valence-electron chi connectivity index (χ3n) is 3.51. The van der Waals surface area contributed by atoms with Gasteiger partial charge in [0.1, 0.15) is 5.69 Å². The van der Waals surface area contributed by atoms with Crippen molar-refractivity contribution in [2.24, 2.45) is 0 Å². The zero-order valence-corrected chi connectivity index (χ0v) is 12.6. The summed E-state index contributed by atoms with van der Waals surface area (Å²) >= 11 is 6.11. The fourth-order valence-corrected chi connectivity index (χ4v) is 2.38. The van der Waals surface area contributed by atoms with Crippen LogP contribution in [0.15, 0.2) is 30.5 Å². The van der Waals surface area contributed by atoms with Gasteiger partial charge in [-0.2, -0.15) is 5.10 Å². The van der Waals surface area contributed by atoms with Crippen LogP contribution in [-0.4, -0.2) is 15.6 Å². The SMILES string of the molecule is CCn1ncc(Cl)c1C(=O)C(C)(C)c1ccc(N)cc1. The van der Waals surface area contributed by atoms with E-state index in [4.69, 9.17) is 17.3 Å². The quantitative estimate of drug-likeness (QED) is 0.694. The van der Waals surface area contributed by atoms with Crippen LogP contribution in [0.5, 0.6) is 0 Å². The molecule has 0 unspecified atom stereocenters. The highest BCUT2D eigenvalue weighted by Gasteiger charge is 2.34. The fraction of sp³-hybridized carbons (Fsp3) is 0.333. The highest BCUT2D eigenvalue weighted by atomic mass is 35.5. The number of hydrogen-bond acceptors (Lipinski definition) is 3. The largest absolute Gasteiger partial charge is 0.399 e. The summed E-state index contributed by atoms with van der Waals surface area (Å²) in [5.74, 6) is -0.0494. The normalized spacial score (nSPS) is 11.6. The molecule has 1 heterocycles. The van der Waals surface area contributed by atoms with E-state index in [1.807, 2.05) is 32.9 Å². The first-order valence-electron chi connectivity index (χ1n) is 6.50. The molecule has 0 amide bonds. The van der Waals surface area contributed by atoms with Gasteiger partial charge in [0.15, 0.2) is 5.78 Å². The lowest BCUT2D eigenvalue weighted by Crippen LogP contribution is -2.31. The summed E-state index contributed by atoms with van der Waals surface area (Å²) in [7, 11) is 0. The van der Waals surface area contributed by atoms with E-state index in [-0.39, 0.29) is 5.78 Å². The summed E-state index contributed by atoms with van der Waals surface area (Å²) in [6.45, 7) is 6.29. The van der Waals surface area contributed by atoms with Gasteiger partial charge in [0.25, 0.3) is 0 Å². The molecule has 0 aliphatic carbocycles. The predicted molar refractivity (Wildman–Crippen MR) is 81.1 cm³/mol. The Balaban J connectivity index is 2.45. The van der Waals surface area contributed by atoms with Crippen LogP contribution in [0, 0.1) is 0 Å². The topological polar surface area (TPSA) is 60.9 Å². The molecule has 4 nitrogen and oxygen atoms in total. The molecule has 0 fully saturated rings. The number of halogens is 1. The molecule has 1 aromatic carbocycles. The molecule has 2 aromatic rings. The van der Waals surface area contributed by atoms with Crippen molar-refractivity contribution in [3.05, 3.63) is 46.7 Å². The molecule has 20 heavy (non-hydrogen) atoms. The number of carbonyl (C=O) groups excluding carboxylic acids is 1. The van der Waals surface area contributed by atoms with Crippen LogP contribution in [0.4, 0.5) is 5.69 Å². The van der Waals surface area contributed by atoms with Crippen LogP contribution in [0.25, 0.3) is 0 Å². The molecule has 0 atom stereocenters. The Morgan fingerprint density at radius 1 is 1.35 bits per heavy atom. The molecule has 106 valence electrons. The van der Waals surface area contributed by atoms with E-state index in [2.05, 4.69) is 5.10 Å². The number of nitrogen functional groups attached to an aromatic ring is 1. The van der Waals surface area contributed by atoms with Gasteiger partial charge in [0.05, 0.1) is 16.6 Å². The summed E-state index contributed by atoms with van der Waals surface area (Å²) < 4.78 is 1.63. The van der Waals surface area contributed by atoms with Crippen molar-refractivity contribution < 1.29 is 4.79 Å². The third-order valence-corrected chi connectivity index (χ3v) is 3.79. The minimum absolute atomic E-state index is 0.0494. The molecule has 0 aliphatic rings. The van der Waals surface area contributed by atoms with Crippen LogP contribution in [0.3, 0.4) is 0 Å². The predicted octanol–water partition coefficient (Wildman–Crippen LogP) is 3.30. The summed E-state index contributed by atoms with van der Waals surface area (Å²) in [5, 5.41) is 4.51. The molecule has 0 saturated carbocycles. The molecule has 0 bridgehead atoms. The third kappa shape index (κ3) is 2.43. The van der Waals surface area contributed by atoms with Crippen molar-refractivity contribution in [2.45, 2.75) is 32.7 Å². The molecule has 0 saturated heterocycles. The Bertz CT molecular complexity index is 629. The van der Waals surface area contributed by atoms with Gasteiger partial charge < -0.3 is 5.73 Å². The Labute approximate surface area is 123 Å². The maximum atomic E-state index is 12.8. The van der Waals surface area contributed by atoms with Gasteiger partial charge in [0.2, 0.25) is 0 Å². The highest BCUT2D eigenvalue weighted by molar-refractivity contribution is 6.34. The molecule has 2 N–H and O–H groups in total. The van der Waals surface area contributed by atoms with Gasteiger partial charge >= 0.3 is 0 Å². The smallest absolute Gasteiger partial charge is 0.192 e. The molecular formula is C15H18ClN3O. The van der Waals surface area contributed by atoms with Gasteiger partial charge in [-0.25, -0.2) is 0 Å². The molecular weight excluding hydrogens is 274 g/mol. The second-order valence-corrected chi connectivity index (χ2v) is 5.64. The van der Waals surface area contributed by atoms with E-state index in [0.29, 0.717) is 22.9 Å².